The summed E-state index contributed by atoms with van der Waals surface area (Å²) in [5.74, 6) is -0.529. The number of benzene rings is 1. The average molecular weight is 353 g/mol. The Bertz CT molecular complexity index is 959. The molecule has 134 valence electrons. The van der Waals surface area contributed by atoms with Gasteiger partial charge in [-0.2, -0.15) is 5.10 Å². The van der Waals surface area contributed by atoms with Gasteiger partial charge in [-0.25, -0.2) is 0 Å². The van der Waals surface area contributed by atoms with Gasteiger partial charge in [-0.1, -0.05) is 12.1 Å². The van der Waals surface area contributed by atoms with Crippen molar-refractivity contribution < 1.29 is 9.72 Å². The lowest BCUT2D eigenvalue weighted by molar-refractivity contribution is -0.385. The smallest absolute Gasteiger partial charge is 0.322 e. The number of nitrogens with zero attached hydrogens (tertiary/aromatic N) is 4. The van der Waals surface area contributed by atoms with Crippen molar-refractivity contribution in [2.24, 2.45) is 7.05 Å². The predicted octanol–water partition coefficient (Wildman–Crippen LogP) is 2.92. The minimum absolute atomic E-state index is 0.0547. The van der Waals surface area contributed by atoms with Crippen molar-refractivity contribution in [2.45, 2.75) is 19.9 Å². The van der Waals surface area contributed by atoms with Crippen LogP contribution in [0, 0.1) is 17.0 Å². The van der Waals surface area contributed by atoms with E-state index in [9.17, 15) is 14.9 Å². The van der Waals surface area contributed by atoms with Gasteiger partial charge < -0.3 is 9.88 Å². The summed E-state index contributed by atoms with van der Waals surface area (Å²) in [6.45, 7) is 3.35. The molecule has 26 heavy (non-hydrogen) atoms. The van der Waals surface area contributed by atoms with Gasteiger partial charge in [0.2, 0.25) is 5.69 Å². The second-order valence-electron chi connectivity index (χ2n) is 6.04. The van der Waals surface area contributed by atoms with Crippen LogP contribution in [0.2, 0.25) is 0 Å². The molecule has 1 aromatic carbocycles. The molecule has 0 aliphatic carbocycles. The number of hydrogen-bond acceptors (Lipinski definition) is 4. The lowest BCUT2D eigenvalue weighted by atomic mass is 10.1. The predicted molar refractivity (Wildman–Crippen MR) is 96.2 cm³/mol. The standard InChI is InChI=1S/C18H19N5O3/c1-12(14-7-6-8-15(11-14)22-9-4-5-10-22)19-18(24)17-16(23(25)26)13(2)20-21(17)3/h4-12H,1-3H3,(H,19,24). The molecule has 0 saturated heterocycles. The molecule has 0 saturated carbocycles. The summed E-state index contributed by atoms with van der Waals surface area (Å²) >= 11 is 0. The quantitative estimate of drug-likeness (QED) is 0.563. The molecular weight excluding hydrogens is 334 g/mol. The Morgan fingerprint density at radius 2 is 1.96 bits per heavy atom. The lowest BCUT2D eigenvalue weighted by Gasteiger charge is -2.15. The number of amides is 1. The Morgan fingerprint density at radius 3 is 2.62 bits per heavy atom. The second-order valence-corrected chi connectivity index (χ2v) is 6.04. The van der Waals surface area contributed by atoms with Gasteiger partial charge in [-0.05, 0) is 43.7 Å². The molecule has 1 N–H and O–H groups in total. The fourth-order valence-electron chi connectivity index (χ4n) is 2.93. The molecule has 3 aromatic rings. The third kappa shape index (κ3) is 3.21. The van der Waals surface area contributed by atoms with Crippen LogP contribution in [-0.2, 0) is 7.05 Å². The molecule has 0 spiro atoms. The van der Waals surface area contributed by atoms with Crippen molar-refractivity contribution in [1.82, 2.24) is 19.7 Å². The molecule has 1 atom stereocenters. The number of carbonyl (C=O) groups excluding carboxylic acids is 1. The van der Waals surface area contributed by atoms with Gasteiger partial charge in [0.25, 0.3) is 5.91 Å². The topological polar surface area (TPSA) is 95.0 Å². The maximum absolute atomic E-state index is 12.6. The number of carbonyl (C=O) groups is 1. The Hall–Kier alpha value is -3.42. The third-order valence-electron chi connectivity index (χ3n) is 4.21. The van der Waals surface area contributed by atoms with E-state index in [0.717, 1.165) is 11.3 Å². The molecule has 0 aliphatic heterocycles. The molecule has 3 rings (SSSR count). The average Bonchev–Trinajstić information content (AvgIpc) is 3.22. The van der Waals surface area contributed by atoms with Gasteiger partial charge >= 0.3 is 5.69 Å². The van der Waals surface area contributed by atoms with E-state index < -0.39 is 10.8 Å². The molecule has 1 unspecified atom stereocenters. The molecule has 0 bridgehead atoms. The van der Waals surface area contributed by atoms with Crippen LogP contribution >= 0.6 is 0 Å². The Kier molecular flexibility index (Phi) is 4.57. The molecule has 2 heterocycles. The van der Waals surface area contributed by atoms with E-state index in [4.69, 9.17) is 0 Å². The largest absolute Gasteiger partial charge is 0.344 e. The number of aryl methyl sites for hydroxylation is 2. The van der Waals surface area contributed by atoms with Crippen LogP contribution in [0.4, 0.5) is 5.69 Å². The molecule has 0 aliphatic rings. The zero-order chi connectivity index (χ0) is 18.8. The first-order valence-electron chi connectivity index (χ1n) is 8.10. The zero-order valence-corrected chi connectivity index (χ0v) is 14.7. The highest BCUT2D eigenvalue weighted by Gasteiger charge is 2.29. The summed E-state index contributed by atoms with van der Waals surface area (Å²) in [6.07, 6.45) is 3.87. The van der Waals surface area contributed by atoms with Crippen LogP contribution in [-0.4, -0.2) is 25.2 Å². The van der Waals surface area contributed by atoms with Gasteiger partial charge in [0.05, 0.1) is 11.0 Å². The number of hydrogen-bond donors (Lipinski definition) is 1. The van der Waals surface area contributed by atoms with E-state index in [-0.39, 0.29) is 23.1 Å². The highest BCUT2D eigenvalue weighted by atomic mass is 16.6. The van der Waals surface area contributed by atoms with E-state index in [1.807, 2.05) is 60.3 Å². The minimum atomic E-state index is -0.575. The Balaban J connectivity index is 1.85. The first-order chi connectivity index (χ1) is 12.4. The van der Waals surface area contributed by atoms with Crippen LogP contribution < -0.4 is 5.32 Å². The van der Waals surface area contributed by atoms with Crippen LogP contribution in [0.1, 0.15) is 34.7 Å². The summed E-state index contributed by atoms with van der Waals surface area (Å²) < 4.78 is 3.21. The zero-order valence-electron chi connectivity index (χ0n) is 14.7. The molecule has 8 nitrogen and oxygen atoms in total. The number of rotatable bonds is 5. The van der Waals surface area contributed by atoms with E-state index in [2.05, 4.69) is 10.4 Å². The summed E-state index contributed by atoms with van der Waals surface area (Å²) in [6, 6.07) is 11.3. The van der Waals surface area contributed by atoms with E-state index in [0.29, 0.717) is 0 Å². The lowest BCUT2D eigenvalue weighted by Crippen LogP contribution is -2.29. The monoisotopic (exact) mass is 353 g/mol. The van der Waals surface area contributed by atoms with E-state index in [1.165, 1.54) is 18.7 Å². The normalized spacial score (nSPS) is 12.0. The summed E-state index contributed by atoms with van der Waals surface area (Å²) in [5, 5.41) is 18.1. The summed E-state index contributed by atoms with van der Waals surface area (Å²) in [4.78, 5) is 23.3. The van der Waals surface area contributed by atoms with Crippen LogP contribution in [0.15, 0.2) is 48.8 Å². The summed E-state index contributed by atoms with van der Waals surface area (Å²) in [7, 11) is 1.52. The maximum atomic E-state index is 12.6. The van der Waals surface area contributed by atoms with Gasteiger partial charge in [-0.15, -0.1) is 0 Å². The molecular formula is C18H19N5O3. The van der Waals surface area contributed by atoms with Crippen molar-refractivity contribution in [3.05, 3.63) is 75.9 Å². The van der Waals surface area contributed by atoms with Gasteiger partial charge in [-0.3, -0.25) is 19.6 Å². The molecule has 8 heteroatoms. The summed E-state index contributed by atoms with van der Waals surface area (Å²) in [5.41, 5.74) is 1.76. The van der Waals surface area contributed by atoms with Crippen LogP contribution in [0.5, 0.6) is 0 Å². The van der Waals surface area contributed by atoms with E-state index in [1.54, 1.807) is 0 Å². The van der Waals surface area contributed by atoms with Crippen molar-refractivity contribution in [3.8, 4) is 5.69 Å². The fraction of sp³-hybridized carbons (Fsp3) is 0.222. The van der Waals surface area contributed by atoms with Gasteiger partial charge in [0.1, 0.15) is 5.69 Å². The molecule has 2 aromatic heterocycles. The molecule has 0 radical (unpaired) electrons. The van der Waals surface area contributed by atoms with Gasteiger partial charge in [0, 0.05) is 25.1 Å². The van der Waals surface area contributed by atoms with Gasteiger partial charge in [0.15, 0.2) is 0 Å². The van der Waals surface area contributed by atoms with Crippen LogP contribution in [0.3, 0.4) is 0 Å². The van der Waals surface area contributed by atoms with Crippen molar-refractivity contribution in [3.63, 3.8) is 0 Å². The van der Waals surface area contributed by atoms with Crippen molar-refractivity contribution >= 4 is 11.6 Å². The van der Waals surface area contributed by atoms with Crippen LogP contribution in [0.25, 0.3) is 5.69 Å². The highest BCUT2D eigenvalue weighted by molar-refractivity contribution is 5.97. The minimum Gasteiger partial charge on any atom is -0.344 e. The first kappa shape index (κ1) is 17.4. The Labute approximate surface area is 150 Å². The van der Waals surface area contributed by atoms with Crippen molar-refractivity contribution in [2.75, 3.05) is 0 Å². The number of nitro groups is 1. The first-order valence-corrected chi connectivity index (χ1v) is 8.10. The fourth-order valence-corrected chi connectivity index (χ4v) is 2.93. The van der Waals surface area contributed by atoms with E-state index >= 15 is 0 Å². The molecule has 0 fully saturated rings. The number of nitrogens with one attached hydrogen (secondary N) is 1. The SMILES string of the molecule is Cc1nn(C)c(C(=O)NC(C)c2cccc(-n3cccc3)c2)c1[N+](=O)[O-]. The number of aromatic nitrogens is 3. The second kappa shape index (κ2) is 6.83. The molecule has 1 amide bonds. The van der Waals surface area contributed by atoms with Crippen molar-refractivity contribution in [1.29, 1.82) is 0 Å². The third-order valence-corrected chi connectivity index (χ3v) is 4.21. The highest BCUT2D eigenvalue weighted by Crippen LogP contribution is 2.23. The Morgan fingerprint density at radius 1 is 1.27 bits per heavy atom. The maximum Gasteiger partial charge on any atom is 0.322 e.